The number of carboxylic acid groups (broad SMARTS) is 1. The van der Waals surface area contributed by atoms with Crippen molar-refractivity contribution in [2.24, 2.45) is 0 Å². The van der Waals surface area contributed by atoms with E-state index in [9.17, 15) is 23.4 Å². The highest BCUT2D eigenvalue weighted by atomic mass is 32.2. The first-order valence-electron chi connectivity index (χ1n) is 10.8. The first-order chi connectivity index (χ1) is 16.3. The molecule has 2 aromatic carbocycles. The van der Waals surface area contributed by atoms with Crippen molar-refractivity contribution in [2.45, 2.75) is 25.9 Å². The number of fused-ring (bicyclic) bond motifs is 1. The van der Waals surface area contributed by atoms with Crippen molar-refractivity contribution >= 4 is 16.0 Å². The quantitative estimate of drug-likeness (QED) is 0.532. The second-order valence-electron chi connectivity index (χ2n) is 7.98. The lowest BCUT2D eigenvalue weighted by Crippen LogP contribution is -2.31. The van der Waals surface area contributed by atoms with Gasteiger partial charge in [-0.3, -0.25) is 0 Å². The molecule has 0 aliphatic carbocycles. The van der Waals surface area contributed by atoms with Gasteiger partial charge in [-0.05, 0) is 54.3 Å². The van der Waals surface area contributed by atoms with Gasteiger partial charge in [-0.15, -0.1) is 0 Å². The molecular weight excluding hydrogens is 454 g/mol. The molecule has 0 fully saturated rings. The number of aliphatic hydroxyl groups is 1. The van der Waals surface area contributed by atoms with Crippen molar-refractivity contribution < 1.29 is 23.4 Å². The van der Waals surface area contributed by atoms with E-state index in [1.54, 1.807) is 25.1 Å². The van der Waals surface area contributed by atoms with E-state index in [0.717, 1.165) is 11.1 Å². The van der Waals surface area contributed by atoms with E-state index >= 15 is 0 Å². The first-order valence-corrected chi connectivity index (χ1v) is 12.4. The number of benzene rings is 2. The molecule has 0 saturated carbocycles. The highest BCUT2D eigenvalue weighted by molar-refractivity contribution is 7.89. The van der Waals surface area contributed by atoms with Crippen molar-refractivity contribution in [1.82, 2.24) is 9.29 Å². The second-order valence-corrected chi connectivity index (χ2v) is 10.2. The summed E-state index contributed by atoms with van der Waals surface area (Å²) >= 11 is 0. The lowest BCUT2D eigenvalue weighted by Gasteiger charge is -2.24. The van der Waals surface area contributed by atoms with Crippen LogP contribution in [0, 0.1) is 11.3 Å². The Kier molecular flexibility index (Phi) is 6.48. The molecule has 0 amide bonds. The first kappa shape index (κ1) is 23.6. The molecule has 0 saturated heterocycles. The summed E-state index contributed by atoms with van der Waals surface area (Å²) in [6.45, 7) is 1.35. The number of pyridine rings is 1. The van der Waals surface area contributed by atoms with E-state index in [1.165, 1.54) is 10.4 Å². The van der Waals surface area contributed by atoms with Crippen LogP contribution in [-0.4, -0.2) is 46.2 Å². The predicted molar refractivity (Wildman–Crippen MR) is 126 cm³/mol. The number of carboxylic acids is 1. The van der Waals surface area contributed by atoms with Crippen LogP contribution in [0.25, 0.3) is 22.4 Å². The fourth-order valence-electron chi connectivity index (χ4n) is 4.31. The van der Waals surface area contributed by atoms with Gasteiger partial charge in [0, 0.05) is 24.3 Å². The number of rotatable bonds is 7. The minimum atomic E-state index is -3.61. The van der Waals surface area contributed by atoms with Crippen molar-refractivity contribution in [3.63, 3.8) is 0 Å². The smallest absolute Gasteiger partial charge is 0.354 e. The zero-order chi connectivity index (χ0) is 24.5. The number of aliphatic hydroxyl groups excluding tert-OH is 1. The van der Waals surface area contributed by atoms with Crippen LogP contribution in [0.3, 0.4) is 0 Å². The van der Waals surface area contributed by atoms with Crippen molar-refractivity contribution in [3.8, 4) is 28.5 Å². The summed E-state index contributed by atoms with van der Waals surface area (Å²) in [6.07, 6.45) is 0.169. The third-order valence-corrected chi connectivity index (χ3v) is 7.81. The van der Waals surface area contributed by atoms with E-state index in [1.807, 2.05) is 30.3 Å². The van der Waals surface area contributed by atoms with Gasteiger partial charge >= 0.3 is 5.97 Å². The minimum absolute atomic E-state index is 0.0291. The summed E-state index contributed by atoms with van der Waals surface area (Å²) in [5.41, 5.74) is 4.29. The van der Waals surface area contributed by atoms with Crippen LogP contribution in [0.1, 0.15) is 46.6 Å². The highest BCUT2D eigenvalue weighted by Crippen LogP contribution is 2.43. The maximum atomic E-state index is 12.8. The third kappa shape index (κ3) is 4.31. The number of hydrogen-bond acceptors (Lipinski definition) is 6. The van der Waals surface area contributed by atoms with E-state index in [4.69, 9.17) is 5.26 Å². The molecule has 174 valence electrons. The Morgan fingerprint density at radius 3 is 2.47 bits per heavy atom. The van der Waals surface area contributed by atoms with E-state index in [-0.39, 0.29) is 31.0 Å². The van der Waals surface area contributed by atoms with Gasteiger partial charge < -0.3 is 10.2 Å². The molecule has 0 spiro atoms. The summed E-state index contributed by atoms with van der Waals surface area (Å²) in [5, 5.41) is 28.4. The van der Waals surface area contributed by atoms with Crippen LogP contribution in [0.5, 0.6) is 0 Å². The average Bonchev–Trinajstić information content (AvgIpc) is 3.23. The number of aromatic nitrogens is 1. The van der Waals surface area contributed by atoms with Gasteiger partial charge in [0.25, 0.3) is 0 Å². The molecule has 34 heavy (non-hydrogen) atoms. The summed E-state index contributed by atoms with van der Waals surface area (Å²) in [6, 6.07) is 17.3. The molecule has 2 N–H and O–H groups in total. The van der Waals surface area contributed by atoms with Gasteiger partial charge in [-0.25, -0.2) is 18.2 Å². The van der Waals surface area contributed by atoms with Crippen LogP contribution in [0.15, 0.2) is 54.6 Å². The Bertz CT molecular complexity index is 1400. The largest absolute Gasteiger partial charge is 0.477 e. The Hall–Kier alpha value is -3.58. The van der Waals surface area contributed by atoms with E-state index in [2.05, 4.69) is 11.1 Å². The van der Waals surface area contributed by atoms with E-state index < -0.39 is 22.0 Å². The summed E-state index contributed by atoms with van der Waals surface area (Å²) in [5.74, 6) is -1.31. The van der Waals surface area contributed by atoms with Crippen LogP contribution in [0.4, 0.5) is 0 Å². The molecule has 1 aromatic heterocycles. The number of carbonyl (C=O) groups is 1. The normalized spacial score (nSPS) is 15.6. The second kappa shape index (κ2) is 9.35. The molecule has 2 heterocycles. The SMILES string of the molecule is CCS(=O)(=O)N1Cc2cc(C(=O)O)nc(-c3cccc(-c4ccc(C#N)cc4)c3)c2[C@H]1CCO. The van der Waals surface area contributed by atoms with E-state index in [0.29, 0.717) is 27.9 Å². The van der Waals surface area contributed by atoms with Crippen LogP contribution in [-0.2, 0) is 16.6 Å². The zero-order valence-corrected chi connectivity index (χ0v) is 19.3. The van der Waals surface area contributed by atoms with Crippen molar-refractivity contribution in [3.05, 3.63) is 77.0 Å². The Morgan fingerprint density at radius 2 is 1.85 bits per heavy atom. The standard InChI is InChI=1S/C25H23N3O5S/c1-2-34(32,33)28-15-20-13-21(25(30)31)27-24(23(20)22(28)10-11-29)19-5-3-4-18(12-19)17-8-6-16(14-26)7-9-17/h3-9,12-13,22,29H,2,10-11,15H2,1H3,(H,30,31)/t22-/m1/s1. The van der Waals surface area contributed by atoms with Crippen LogP contribution in [0.2, 0.25) is 0 Å². The third-order valence-electron chi connectivity index (χ3n) is 5.98. The maximum Gasteiger partial charge on any atom is 0.354 e. The topological polar surface area (TPSA) is 132 Å². The number of sulfonamides is 1. The molecular formula is C25H23N3O5S. The molecule has 3 aromatic rings. The summed E-state index contributed by atoms with van der Waals surface area (Å²) in [7, 11) is -3.61. The zero-order valence-electron chi connectivity index (χ0n) is 18.5. The molecule has 0 radical (unpaired) electrons. The lowest BCUT2D eigenvalue weighted by molar-refractivity contribution is 0.0690. The fourth-order valence-corrected chi connectivity index (χ4v) is 5.58. The summed E-state index contributed by atoms with van der Waals surface area (Å²) in [4.78, 5) is 16.2. The van der Waals surface area contributed by atoms with Gasteiger partial charge in [0.15, 0.2) is 0 Å². The molecule has 0 bridgehead atoms. The van der Waals surface area contributed by atoms with Crippen molar-refractivity contribution in [2.75, 3.05) is 12.4 Å². The van der Waals surface area contributed by atoms with Crippen LogP contribution >= 0.6 is 0 Å². The summed E-state index contributed by atoms with van der Waals surface area (Å²) < 4.78 is 26.9. The Morgan fingerprint density at radius 1 is 1.15 bits per heavy atom. The molecule has 8 nitrogen and oxygen atoms in total. The molecule has 1 aliphatic heterocycles. The lowest BCUT2D eigenvalue weighted by atomic mass is 9.94. The fraction of sp³-hybridized carbons (Fsp3) is 0.240. The minimum Gasteiger partial charge on any atom is -0.477 e. The number of nitrogens with zero attached hydrogens (tertiary/aromatic N) is 3. The number of hydrogen-bond donors (Lipinski definition) is 2. The van der Waals surface area contributed by atoms with Crippen LogP contribution < -0.4 is 0 Å². The monoisotopic (exact) mass is 477 g/mol. The van der Waals surface area contributed by atoms with Crippen molar-refractivity contribution in [1.29, 1.82) is 5.26 Å². The van der Waals surface area contributed by atoms with Gasteiger partial charge in [-0.1, -0.05) is 30.3 Å². The van der Waals surface area contributed by atoms with Gasteiger partial charge in [-0.2, -0.15) is 9.57 Å². The average molecular weight is 478 g/mol. The number of aromatic carboxylic acids is 1. The Balaban J connectivity index is 1.90. The predicted octanol–water partition coefficient (Wildman–Crippen LogP) is 3.57. The van der Waals surface area contributed by atoms with Gasteiger partial charge in [0.2, 0.25) is 10.0 Å². The molecule has 0 unspecified atom stereocenters. The molecule has 9 heteroatoms. The van der Waals surface area contributed by atoms with Gasteiger partial charge in [0.1, 0.15) is 5.69 Å². The van der Waals surface area contributed by atoms with Gasteiger partial charge in [0.05, 0.1) is 29.1 Å². The molecule has 4 rings (SSSR count). The highest BCUT2D eigenvalue weighted by Gasteiger charge is 2.39. The molecule has 1 atom stereocenters. The molecule has 1 aliphatic rings. The Labute approximate surface area is 197 Å². The maximum absolute atomic E-state index is 12.8. The number of nitriles is 1.